The van der Waals surface area contributed by atoms with Crippen LogP contribution in [0.25, 0.3) is 11.1 Å². The molecule has 0 heterocycles. The summed E-state index contributed by atoms with van der Waals surface area (Å²) in [7, 11) is 0. The number of aryl methyl sites for hydroxylation is 2. The van der Waals surface area contributed by atoms with Crippen LogP contribution in [-0.2, 0) is 12.8 Å². The first-order valence-electron chi connectivity index (χ1n) is 7.67. The average Bonchev–Trinajstić information content (AvgIpc) is 2.53. The summed E-state index contributed by atoms with van der Waals surface area (Å²) in [6, 6.07) is 15.7. The molecular formula is C19H25N. The zero-order valence-corrected chi connectivity index (χ0v) is 12.8. The molecule has 1 atom stereocenters. The van der Waals surface area contributed by atoms with Crippen molar-refractivity contribution in [3.63, 3.8) is 0 Å². The summed E-state index contributed by atoms with van der Waals surface area (Å²) in [5.74, 6) is 0. The van der Waals surface area contributed by atoms with Crippen LogP contribution < -0.4 is 5.73 Å². The van der Waals surface area contributed by atoms with Gasteiger partial charge in [-0.2, -0.15) is 0 Å². The van der Waals surface area contributed by atoms with Crippen LogP contribution >= 0.6 is 0 Å². The van der Waals surface area contributed by atoms with Crippen LogP contribution in [0.5, 0.6) is 0 Å². The molecule has 2 aromatic rings. The fourth-order valence-corrected chi connectivity index (χ4v) is 2.59. The first kappa shape index (κ1) is 14.8. The third kappa shape index (κ3) is 3.10. The summed E-state index contributed by atoms with van der Waals surface area (Å²) in [6.45, 7) is 6.55. The zero-order chi connectivity index (χ0) is 14.5. The highest BCUT2D eigenvalue weighted by Gasteiger charge is 2.08. The molecule has 0 saturated carbocycles. The summed E-state index contributed by atoms with van der Waals surface area (Å²) in [4.78, 5) is 0. The molecule has 2 aromatic carbocycles. The van der Waals surface area contributed by atoms with E-state index in [1.54, 1.807) is 0 Å². The number of hydrogen-bond donors (Lipinski definition) is 1. The topological polar surface area (TPSA) is 26.0 Å². The van der Waals surface area contributed by atoms with Crippen LogP contribution in [0.3, 0.4) is 0 Å². The fourth-order valence-electron chi connectivity index (χ4n) is 2.59. The van der Waals surface area contributed by atoms with Gasteiger partial charge in [0.15, 0.2) is 0 Å². The van der Waals surface area contributed by atoms with Crippen molar-refractivity contribution < 1.29 is 0 Å². The molecule has 1 nitrogen and oxygen atoms in total. The van der Waals surface area contributed by atoms with Crippen molar-refractivity contribution in [3.8, 4) is 11.1 Å². The van der Waals surface area contributed by atoms with E-state index < -0.39 is 0 Å². The van der Waals surface area contributed by atoms with E-state index in [4.69, 9.17) is 5.73 Å². The Kier molecular flexibility index (Phi) is 4.97. The second-order valence-electron chi connectivity index (χ2n) is 5.34. The van der Waals surface area contributed by atoms with E-state index in [0.717, 1.165) is 19.3 Å². The maximum Gasteiger partial charge on any atom is 0.0292 e. The summed E-state index contributed by atoms with van der Waals surface area (Å²) in [6.07, 6.45) is 3.10. The van der Waals surface area contributed by atoms with Gasteiger partial charge in [0.05, 0.1) is 0 Å². The number of nitrogens with two attached hydrogens (primary N) is 1. The number of hydrogen-bond acceptors (Lipinski definition) is 1. The van der Waals surface area contributed by atoms with E-state index in [1.807, 2.05) is 0 Å². The smallest absolute Gasteiger partial charge is 0.0292 e. The van der Waals surface area contributed by atoms with Crippen LogP contribution in [-0.4, -0.2) is 0 Å². The lowest BCUT2D eigenvalue weighted by Crippen LogP contribution is -2.08. The molecule has 0 bridgehead atoms. The van der Waals surface area contributed by atoms with Gasteiger partial charge in [0.2, 0.25) is 0 Å². The molecule has 2 rings (SSSR count). The Morgan fingerprint density at radius 3 is 2.40 bits per heavy atom. The summed E-state index contributed by atoms with van der Waals surface area (Å²) in [5, 5.41) is 0. The Balaban J connectivity index is 2.49. The predicted molar refractivity (Wildman–Crippen MR) is 87.9 cm³/mol. The van der Waals surface area contributed by atoms with E-state index >= 15 is 0 Å². The maximum atomic E-state index is 6.17. The molecule has 0 amide bonds. The van der Waals surface area contributed by atoms with Crippen LogP contribution in [0.2, 0.25) is 0 Å². The summed E-state index contributed by atoms with van der Waals surface area (Å²) < 4.78 is 0. The first-order valence-corrected chi connectivity index (χ1v) is 7.67. The monoisotopic (exact) mass is 267 g/mol. The Hall–Kier alpha value is -1.60. The average molecular weight is 267 g/mol. The standard InChI is InChI=1S/C19H25N/c1-4-14-10-11-15(5-2)18(12-14)16-8-7-9-17(13-16)19(20)6-3/h7-13,19H,4-6,20H2,1-3H3. The number of benzene rings is 2. The van der Waals surface area contributed by atoms with Gasteiger partial charge in [0.25, 0.3) is 0 Å². The van der Waals surface area contributed by atoms with Crippen LogP contribution in [0.1, 0.15) is 49.9 Å². The Labute approximate surface area is 122 Å². The maximum absolute atomic E-state index is 6.17. The van der Waals surface area contributed by atoms with Gasteiger partial charge in [-0.05, 0) is 53.1 Å². The Morgan fingerprint density at radius 2 is 1.75 bits per heavy atom. The van der Waals surface area contributed by atoms with Gasteiger partial charge < -0.3 is 5.73 Å². The van der Waals surface area contributed by atoms with E-state index in [9.17, 15) is 0 Å². The van der Waals surface area contributed by atoms with Gasteiger partial charge in [0, 0.05) is 6.04 Å². The van der Waals surface area contributed by atoms with E-state index in [1.165, 1.54) is 27.8 Å². The lowest BCUT2D eigenvalue weighted by Gasteiger charge is -2.14. The largest absolute Gasteiger partial charge is 0.324 e. The molecule has 0 fully saturated rings. The predicted octanol–water partition coefficient (Wildman–Crippen LogP) is 4.89. The third-order valence-electron chi connectivity index (χ3n) is 4.03. The van der Waals surface area contributed by atoms with Gasteiger partial charge in [-0.3, -0.25) is 0 Å². The van der Waals surface area contributed by atoms with Gasteiger partial charge in [-0.15, -0.1) is 0 Å². The second kappa shape index (κ2) is 6.71. The van der Waals surface area contributed by atoms with Gasteiger partial charge in [-0.1, -0.05) is 57.2 Å². The molecule has 0 aliphatic rings. The van der Waals surface area contributed by atoms with E-state index in [-0.39, 0.29) is 6.04 Å². The minimum atomic E-state index is 0.134. The SMILES string of the molecule is CCc1ccc(CC)c(-c2cccc(C(N)CC)c2)c1. The molecule has 20 heavy (non-hydrogen) atoms. The normalized spacial score (nSPS) is 12.4. The Bertz CT molecular complexity index is 572. The molecule has 1 heteroatoms. The summed E-state index contributed by atoms with van der Waals surface area (Å²) >= 11 is 0. The van der Waals surface area contributed by atoms with Gasteiger partial charge in [-0.25, -0.2) is 0 Å². The van der Waals surface area contributed by atoms with Crippen molar-refractivity contribution in [2.75, 3.05) is 0 Å². The Morgan fingerprint density at radius 1 is 0.950 bits per heavy atom. The first-order chi connectivity index (χ1) is 9.69. The van der Waals surface area contributed by atoms with E-state index in [2.05, 4.69) is 63.2 Å². The second-order valence-corrected chi connectivity index (χ2v) is 5.34. The van der Waals surface area contributed by atoms with Crippen molar-refractivity contribution >= 4 is 0 Å². The lowest BCUT2D eigenvalue weighted by atomic mass is 9.93. The van der Waals surface area contributed by atoms with Gasteiger partial charge >= 0.3 is 0 Å². The molecule has 2 N–H and O–H groups in total. The molecule has 0 aromatic heterocycles. The highest BCUT2D eigenvalue weighted by atomic mass is 14.6. The third-order valence-corrected chi connectivity index (χ3v) is 4.03. The molecule has 0 aliphatic carbocycles. The highest BCUT2D eigenvalue weighted by molar-refractivity contribution is 5.69. The van der Waals surface area contributed by atoms with Crippen LogP contribution in [0.4, 0.5) is 0 Å². The van der Waals surface area contributed by atoms with Crippen molar-refractivity contribution in [1.29, 1.82) is 0 Å². The van der Waals surface area contributed by atoms with Crippen molar-refractivity contribution in [3.05, 3.63) is 59.2 Å². The molecule has 1 unspecified atom stereocenters. The number of rotatable bonds is 5. The van der Waals surface area contributed by atoms with Crippen LogP contribution in [0, 0.1) is 0 Å². The minimum absolute atomic E-state index is 0.134. The van der Waals surface area contributed by atoms with Crippen LogP contribution in [0.15, 0.2) is 42.5 Å². The highest BCUT2D eigenvalue weighted by Crippen LogP contribution is 2.28. The summed E-state index contributed by atoms with van der Waals surface area (Å²) in [5.41, 5.74) is 12.8. The molecular weight excluding hydrogens is 242 g/mol. The molecule has 0 saturated heterocycles. The van der Waals surface area contributed by atoms with Crippen molar-refractivity contribution in [1.82, 2.24) is 0 Å². The zero-order valence-electron chi connectivity index (χ0n) is 12.8. The molecule has 0 radical (unpaired) electrons. The van der Waals surface area contributed by atoms with E-state index in [0.29, 0.717) is 0 Å². The van der Waals surface area contributed by atoms with Crippen molar-refractivity contribution in [2.24, 2.45) is 5.73 Å². The minimum Gasteiger partial charge on any atom is -0.324 e. The molecule has 0 spiro atoms. The van der Waals surface area contributed by atoms with Crippen molar-refractivity contribution in [2.45, 2.75) is 46.1 Å². The fraction of sp³-hybridized carbons (Fsp3) is 0.368. The van der Waals surface area contributed by atoms with Gasteiger partial charge in [0.1, 0.15) is 0 Å². The quantitative estimate of drug-likeness (QED) is 0.820. The lowest BCUT2D eigenvalue weighted by molar-refractivity contribution is 0.699. The molecule has 0 aliphatic heterocycles. The molecule has 106 valence electrons.